The quantitative estimate of drug-likeness (QED) is 0.549. The highest BCUT2D eigenvalue weighted by atomic mass is 32.1. The zero-order valence-corrected chi connectivity index (χ0v) is 13.2. The van der Waals surface area contributed by atoms with Crippen LogP contribution in [0.3, 0.4) is 0 Å². The summed E-state index contributed by atoms with van der Waals surface area (Å²) in [6, 6.07) is 15.5. The molecule has 0 bridgehead atoms. The molecule has 4 nitrogen and oxygen atoms in total. The van der Waals surface area contributed by atoms with Crippen LogP contribution in [0, 0.1) is 6.92 Å². The fourth-order valence-corrected chi connectivity index (χ4v) is 3.19. The number of benzene rings is 3. The number of hydrogen-bond donors (Lipinski definition) is 1. The molecule has 0 saturated heterocycles. The molecular formula is C18H13N3OS. The van der Waals surface area contributed by atoms with Gasteiger partial charge < -0.3 is 5.11 Å². The first-order valence-corrected chi connectivity index (χ1v) is 7.94. The molecule has 3 aromatic carbocycles. The van der Waals surface area contributed by atoms with E-state index in [4.69, 9.17) is 0 Å². The lowest BCUT2D eigenvalue weighted by molar-refractivity contribution is 0.475. The molecule has 112 valence electrons. The average Bonchev–Trinajstić information content (AvgIpc) is 3.04. The van der Waals surface area contributed by atoms with Crippen LogP contribution in [0.2, 0.25) is 0 Å². The Morgan fingerprint density at radius 1 is 1.04 bits per heavy atom. The minimum Gasteiger partial charge on any atom is -0.507 e. The van der Waals surface area contributed by atoms with Gasteiger partial charge >= 0.3 is 0 Å². The van der Waals surface area contributed by atoms with Crippen LogP contribution in [0.25, 0.3) is 21.8 Å². The third-order valence-electron chi connectivity index (χ3n) is 3.87. The predicted molar refractivity (Wildman–Crippen MR) is 95.0 cm³/mol. The summed E-state index contributed by atoms with van der Waals surface area (Å²) >= 11 is 1.18. The third-order valence-corrected chi connectivity index (χ3v) is 4.42. The van der Waals surface area contributed by atoms with E-state index in [-0.39, 0.29) is 5.75 Å². The summed E-state index contributed by atoms with van der Waals surface area (Å²) in [4.78, 5) is 4.61. The van der Waals surface area contributed by atoms with Gasteiger partial charge in [0.15, 0.2) is 0 Å². The summed E-state index contributed by atoms with van der Waals surface area (Å²) in [5.41, 5.74) is 4.17. The van der Waals surface area contributed by atoms with Crippen LogP contribution in [0.15, 0.2) is 53.5 Å². The van der Waals surface area contributed by atoms with Crippen LogP contribution in [-0.4, -0.2) is 20.1 Å². The summed E-state index contributed by atoms with van der Waals surface area (Å²) in [5, 5.41) is 12.2. The van der Waals surface area contributed by atoms with E-state index in [9.17, 15) is 5.11 Å². The largest absolute Gasteiger partial charge is 0.507 e. The van der Waals surface area contributed by atoms with Crippen LogP contribution < -0.4 is 0 Å². The highest BCUT2D eigenvalue weighted by Gasteiger charge is 2.09. The standard InChI is InChI=1S/C18H13N3OS/c1-11-6-8-15-18(21-23-20-15)17(11)19-10-14-13-5-3-2-4-12(13)7-9-16(14)22/h2-10,22H,1H3. The van der Waals surface area contributed by atoms with Crippen LogP contribution >= 0.6 is 11.7 Å². The zero-order valence-electron chi connectivity index (χ0n) is 12.4. The second-order valence-corrected chi connectivity index (χ2v) is 5.87. The normalized spacial score (nSPS) is 11.7. The summed E-state index contributed by atoms with van der Waals surface area (Å²) in [7, 11) is 0. The van der Waals surface area contributed by atoms with E-state index in [2.05, 4.69) is 13.7 Å². The smallest absolute Gasteiger partial charge is 0.130 e. The molecule has 4 aromatic rings. The van der Waals surface area contributed by atoms with Crippen LogP contribution in [-0.2, 0) is 0 Å². The van der Waals surface area contributed by atoms with Crippen LogP contribution in [0.4, 0.5) is 5.69 Å². The van der Waals surface area contributed by atoms with E-state index in [0.29, 0.717) is 5.56 Å². The first kappa shape index (κ1) is 13.8. The van der Waals surface area contributed by atoms with Crippen molar-refractivity contribution >= 4 is 45.4 Å². The number of aliphatic imine (C=N–C) groups is 1. The summed E-state index contributed by atoms with van der Waals surface area (Å²) in [6.45, 7) is 1.99. The van der Waals surface area contributed by atoms with Gasteiger partial charge in [0.2, 0.25) is 0 Å². The maximum atomic E-state index is 10.2. The summed E-state index contributed by atoms with van der Waals surface area (Å²) < 4.78 is 8.58. The average molecular weight is 319 g/mol. The van der Waals surface area contributed by atoms with E-state index in [0.717, 1.165) is 33.1 Å². The molecule has 0 atom stereocenters. The molecular weight excluding hydrogens is 306 g/mol. The van der Waals surface area contributed by atoms with Crippen molar-refractivity contribution in [3.63, 3.8) is 0 Å². The monoisotopic (exact) mass is 319 g/mol. The van der Waals surface area contributed by atoms with Crippen molar-refractivity contribution in [2.75, 3.05) is 0 Å². The van der Waals surface area contributed by atoms with E-state index in [1.807, 2.05) is 49.4 Å². The molecule has 0 aliphatic rings. The number of aromatic nitrogens is 2. The SMILES string of the molecule is Cc1ccc2nsnc2c1N=Cc1c(O)ccc2ccccc12. The van der Waals surface area contributed by atoms with E-state index >= 15 is 0 Å². The molecule has 23 heavy (non-hydrogen) atoms. The van der Waals surface area contributed by atoms with Crippen molar-refractivity contribution in [2.45, 2.75) is 6.92 Å². The van der Waals surface area contributed by atoms with Crippen molar-refractivity contribution in [2.24, 2.45) is 4.99 Å². The molecule has 1 heterocycles. The Morgan fingerprint density at radius 3 is 2.83 bits per heavy atom. The molecule has 0 spiro atoms. The molecule has 1 aromatic heterocycles. The molecule has 4 rings (SSSR count). The lowest BCUT2D eigenvalue weighted by Gasteiger charge is -2.05. The molecule has 0 aliphatic carbocycles. The second-order valence-electron chi connectivity index (χ2n) is 5.34. The highest BCUT2D eigenvalue weighted by molar-refractivity contribution is 7.00. The number of phenolic OH excluding ortho intramolecular Hbond substituents is 1. The maximum Gasteiger partial charge on any atom is 0.130 e. The van der Waals surface area contributed by atoms with Gasteiger partial charge in [0, 0.05) is 11.8 Å². The fourth-order valence-electron chi connectivity index (χ4n) is 2.65. The Morgan fingerprint density at radius 2 is 1.91 bits per heavy atom. The molecule has 0 amide bonds. The van der Waals surface area contributed by atoms with Gasteiger partial charge in [-0.1, -0.05) is 36.4 Å². The molecule has 0 fully saturated rings. The number of fused-ring (bicyclic) bond motifs is 2. The minimum absolute atomic E-state index is 0.216. The number of phenols is 1. The van der Waals surface area contributed by atoms with E-state index < -0.39 is 0 Å². The Bertz CT molecular complexity index is 1050. The first-order valence-electron chi connectivity index (χ1n) is 7.21. The van der Waals surface area contributed by atoms with Gasteiger partial charge in [-0.3, -0.25) is 4.99 Å². The Labute approximate surface area is 137 Å². The lowest BCUT2D eigenvalue weighted by atomic mass is 10.0. The fraction of sp³-hybridized carbons (Fsp3) is 0.0556. The maximum absolute atomic E-state index is 10.2. The Kier molecular flexibility index (Phi) is 3.28. The van der Waals surface area contributed by atoms with Crippen molar-refractivity contribution in [3.05, 3.63) is 59.7 Å². The minimum atomic E-state index is 0.216. The van der Waals surface area contributed by atoms with Crippen molar-refractivity contribution in [1.29, 1.82) is 0 Å². The van der Waals surface area contributed by atoms with Crippen LogP contribution in [0.5, 0.6) is 5.75 Å². The third kappa shape index (κ3) is 2.35. The number of hydrogen-bond acceptors (Lipinski definition) is 5. The van der Waals surface area contributed by atoms with Crippen molar-refractivity contribution < 1.29 is 5.11 Å². The van der Waals surface area contributed by atoms with Crippen molar-refractivity contribution in [3.8, 4) is 5.75 Å². The molecule has 0 aliphatic heterocycles. The Balaban J connectivity index is 1.90. The van der Waals surface area contributed by atoms with Gasteiger partial charge in [-0.15, -0.1) is 0 Å². The second kappa shape index (κ2) is 5.44. The van der Waals surface area contributed by atoms with Gasteiger partial charge in [0.1, 0.15) is 16.8 Å². The molecule has 0 radical (unpaired) electrons. The number of aromatic hydroxyl groups is 1. The predicted octanol–water partition coefficient (Wildman–Crippen LogP) is 4.61. The first-order chi connectivity index (χ1) is 11.2. The zero-order chi connectivity index (χ0) is 15.8. The number of aryl methyl sites for hydroxylation is 1. The van der Waals surface area contributed by atoms with E-state index in [1.54, 1.807) is 12.3 Å². The molecule has 0 unspecified atom stereocenters. The number of nitrogens with zero attached hydrogens (tertiary/aromatic N) is 3. The van der Waals surface area contributed by atoms with Crippen molar-refractivity contribution in [1.82, 2.24) is 8.75 Å². The lowest BCUT2D eigenvalue weighted by Crippen LogP contribution is -1.87. The Hall–Kier alpha value is -2.79. The van der Waals surface area contributed by atoms with Gasteiger partial charge in [0.25, 0.3) is 0 Å². The number of rotatable bonds is 2. The topological polar surface area (TPSA) is 58.4 Å². The summed E-state index contributed by atoms with van der Waals surface area (Å²) in [5.74, 6) is 0.216. The van der Waals surface area contributed by atoms with Crippen LogP contribution in [0.1, 0.15) is 11.1 Å². The summed E-state index contributed by atoms with van der Waals surface area (Å²) in [6.07, 6.45) is 1.71. The highest BCUT2D eigenvalue weighted by Crippen LogP contribution is 2.30. The van der Waals surface area contributed by atoms with Gasteiger partial charge in [-0.25, -0.2) is 0 Å². The molecule has 5 heteroatoms. The molecule has 0 saturated carbocycles. The van der Waals surface area contributed by atoms with E-state index in [1.165, 1.54) is 11.7 Å². The molecule has 1 N–H and O–H groups in total. The van der Waals surface area contributed by atoms with Gasteiger partial charge in [-0.05, 0) is 35.4 Å². The van der Waals surface area contributed by atoms with Gasteiger partial charge in [-0.2, -0.15) is 8.75 Å². The van der Waals surface area contributed by atoms with Gasteiger partial charge in [0.05, 0.1) is 17.4 Å².